The Balaban J connectivity index is 1.54. The molecule has 1 N–H and O–H groups in total. The fourth-order valence-corrected chi connectivity index (χ4v) is 6.26. The molecule has 0 unspecified atom stereocenters. The second-order valence-corrected chi connectivity index (χ2v) is 10.6. The van der Waals surface area contributed by atoms with Crippen molar-refractivity contribution in [1.82, 2.24) is 13.9 Å². The fraction of sp³-hybridized carbons (Fsp3) is 0.364. The van der Waals surface area contributed by atoms with Crippen molar-refractivity contribution in [3.05, 3.63) is 48.0 Å². The van der Waals surface area contributed by atoms with Gasteiger partial charge in [0.25, 0.3) is 0 Å². The number of carbonyl (C=O) groups excluding carboxylic acids is 1. The number of imidazole rings is 1. The van der Waals surface area contributed by atoms with Crippen LogP contribution in [0.2, 0.25) is 0 Å². The molecule has 1 fully saturated rings. The first-order valence-corrected chi connectivity index (χ1v) is 13.1. The van der Waals surface area contributed by atoms with E-state index in [2.05, 4.69) is 10.3 Å². The molecule has 1 saturated heterocycles. The highest BCUT2D eigenvalue weighted by atomic mass is 32.2. The summed E-state index contributed by atoms with van der Waals surface area (Å²) in [5.74, 6) is -2.39. The van der Waals surface area contributed by atoms with E-state index in [0.717, 1.165) is 48.7 Å². The summed E-state index contributed by atoms with van der Waals surface area (Å²) in [6.45, 7) is 3.50. The molecule has 1 aromatic heterocycles. The lowest BCUT2D eigenvalue weighted by Gasteiger charge is -2.25. The number of benzene rings is 2. The lowest BCUT2D eigenvalue weighted by atomic mass is 10.2. The number of thioether (sulfide) groups is 1. The highest BCUT2D eigenvalue weighted by molar-refractivity contribution is 7.99. The average Bonchev–Trinajstić information content (AvgIpc) is 3.17. The lowest BCUT2D eigenvalue weighted by Crippen LogP contribution is -2.35. The second kappa shape index (κ2) is 9.78. The monoisotopic (exact) mass is 494 g/mol. The summed E-state index contributed by atoms with van der Waals surface area (Å²) in [6.07, 6.45) is 2.74. The third-order valence-electron chi connectivity index (χ3n) is 5.51. The topological polar surface area (TPSA) is 84.3 Å². The van der Waals surface area contributed by atoms with Crippen LogP contribution in [0.25, 0.3) is 11.0 Å². The minimum absolute atomic E-state index is 0.115. The van der Waals surface area contributed by atoms with Crippen LogP contribution in [0.3, 0.4) is 0 Å². The van der Waals surface area contributed by atoms with Gasteiger partial charge in [0, 0.05) is 19.6 Å². The number of amides is 1. The maximum atomic E-state index is 13.8. The molecule has 2 heterocycles. The third-order valence-corrected chi connectivity index (χ3v) is 8.38. The minimum atomic E-state index is -3.59. The van der Waals surface area contributed by atoms with Gasteiger partial charge in [0.15, 0.2) is 5.16 Å². The zero-order valence-electron chi connectivity index (χ0n) is 18.1. The molecule has 3 aromatic rings. The molecule has 0 bridgehead atoms. The predicted octanol–water partition coefficient (Wildman–Crippen LogP) is 4.24. The molecule has 1 aliphatic heterocycles. The summed E-state index contributed by atoms with van der Waals surface area (Å²) < 4.78 is 56.9. The van der Waals surface area contributed by atoms with Crippen LogP contribution >= 0.6 is 11.8 Å². The van der Waals surface area contributed by atoms with Crippen LogP contribution in [0.4, 0.5) is 14.5 Å². The van der Waals surface area contributed by atoms with Crippen molar-refractivity contribution in [2.24, 2.45) is 0 Å². The molecule has 0 aliphatic carbocycles. The van der Waals surface area contributed by atoms with Gasteiger partial charge in [-0.05, 0) is 50.1 Å². The van der Waals surface area contributed by atoms with Gasteiger partial charge >= 0.3 is 0 Å². The van der Waals surface area contributed by atoms with Gasteiger partial charge in [-0.2, -0.15) is 4.31 Å². The molecule has 11 heteroatoms. The van der Waals surface area contributed by atoms with Gasteiger partial charge in [-0.3, -0.25) is 4.79 Å². The number of rotatable bonds is 7. The van der Waals surface area contributed by atoms with Gasteiger partial charge in [-0.15, -0.1) is 0 Å². The molecule has 0 radical (unpaired) electrons. The molecular formula is C22H24F2N4O3S2. The van der Waals surface area contributed by atoms with Crippen molar-refractivity contribution in [1.29, 1.82) is 0 Å². The summed E-state index contributed by atoms with van der Waals surface area (Å²) in [4.78, 5) is 17.0. The first-order valence-electron chi connectivity index (χ1n) is 10.7. The summed E-state index contributed by atoms with van der Waals surface area (Å²) in [5, 5.41) is 2.77. The Labute approximate surface area is 195 Å². The smallest absolute Gasteiger partial charge is 0.243 e. The summed E-state index contributed by atoms with van der Waals surface area (Å²) >= 11 is 1.11. The van der Waals surface area contributed by atoms with E-state index in [1.54, 1.807) is 18.2 Å². The molecule has 7 nitrogen and oxygen atoms in total. The number of piperidine rings is 1. The highest BCUT2D eigenvalue weighted by Crippen LogP contribution is 2.28. The summed E-state index contributed by atoms with van der Waals surface area (Å²) in [5.41, 5.74) is 0.774. The molecule has 1 amide bonds. The van der Waals surface area contributed by atoms with Crippen LogP contribution in [0, 0.1) is 11.6 Å². The van der Waals surface area contributed by atoms with Gasteiger partial charge in [0.05, 0.1) is 21.7 Å². The Bertz CT molecular complexity index is 1270. The van der Waals surface area contributed by atoms with Gasteiger partial charge in [-0.25, -0.2) is 22.2 Å². The number of anilines is 1. The number of halogens is 2. The molecule has 0 spiro atoms. The Morgan fingerprint density at radius 3 is 2.48 bits per heavy atom. The van der Waals surface area contributed by atoms with Crippen molar-refractivity contribution in [3.8, 4) is 0 Å². The normalized spacial score (nSPS) is 15.1. The predicted molar refractivity (Wildman–Crippen MR) is 124 cm³/mol. The van der Waals surface area contributed by atoms with E-state index in [-0.39, 0.29) is 10.6 Å². The van der Waals surface area contributed by atoms with E-state index in [9.17, 15) is 22.0 Å². The van der Waals surface area contributed by atoms with Crippen molar-refractivity contribution < 1.29 is 22.0 Å². The van der Waals surface area contributed by atoms with Gasteiger partial charge in [-0.1, -0.05) is 24.2 Å². The Kier molecular flexibility index (Phi) is 7.01. The number of aryl methyl sites for hydroxylation is 1. The Morgan fingerprint density at radius 2 is 1.82 bits per heavy atom. The number of carbonyl (C=O) groups is 1. The number of sulfonamides is 1. The van der Waals surface area contributed by atoms with Crippen LogP contribution < -0.4 is 5.32 Å². The maximum absolute atomic E-state index is 13.8. The fourth-order valence-electron chi connectivity index (χ4n) is 3.84. The number of nitrogens with zero attached hydrogens (tertiary/aromatic N) is 3. The van der Waals surface area contributed by atoms with Crippen molar-refractivity contribution in [2.75, 3.05) is 24.2 Å². The lowest BCUT2D eigenvalue weighted by molar-refractivity contribution is -0.113. The van der Waals surface area contributed by atoms with Crippen LogP contribution in [0.15, 0.2) is 46.5 Å². The van der Waals surface area contributed by atoms with E-state index in [1.165, 1.54) is 10.4 Å². The molecule has 0 atom stereocenters. The Hall–Kier alpha value is -2.50. The van der Waals surface area contributed by atoms with Crippen LogP contribution in [0.5, 0.6) is 0 Å². The van der Waals surface area contributed by atoms with E-state index in [4.69, 9.17) is 0 Å². The summed E-state index contributed by atoms with van der Waals surface area (Å²) in [6, 6.07) is 8.22. The van der Waals surface area contributed by atoms with Gasteiger partial charge in [0.1, 0.15) is 17.3 Å². The number of para-hydroxylation sites is 1. The van der Waals surface area contributed by atoms with Crippen molar-refractivity contribution in [3.63, 3.8) is 0 Å². The Morgan fingerprint density at radius 1 is 1.12 bits per heavy atom. The van der Waals surface area contributed by atoms with Crippen LogP contribution in [-0.4, -0.2) is 47.0 Å². The molecule has 4 rings (SSSR count). The standard InChI is InChI=1S/C22H24F2N4O3S2/c1-2-28-19-10-9-15(33(30,31)27-11-4-3-5-12-27)13-18(19)25-22(28)32-14-20(29)26-21-16(23)7-6-8-17(21)24/h6-10,13H,2-5,11-12,14H2,1H3,(H,26,29). The van der Waals surface area contributed by atoms with E-state index in [0.29, 0.717) is 30.3 Å². The molecule has 1 aliphatic rings. The highest BCUT2D eigenvalue weighted by Gasteiger charge is 2.27. The largest absolute Gasteiger partial charge is 0.320 e. The summed E-state index contributed by atoms with van der Waals surface area (Å²) in [7, 11) is -3.59. The number of hydrogen-bond acceptors (Lipinski definition) is 5. The molecule has 33 heavy (non-hydrogen) atoms. The SMILES string of the molecule is CCn1c(SCC(=O)Nc2c(F)cccc2F)nc2cc(S(=O)(=O)N3CCCCC3)ccc21. The quantitative estimate of drug-likeness (QED) is 0.497. The zero-order chi connectivity index (χ0) is 23.6. The molecular weight excluding hydrogens is 470 g/mol. The van der Waals surface area contributed by atoms with E-state index in [1.807, 2.05) is 11.5 Å². The second-order valence-electron chi connectivity index (χ2n) is 7.69. The van der Waals surface area contributed by atoms with E-state index < -0.39 is 33.3 Å². The van der Waals surface area contributed by atoms with E-state index >= 15 is 0 Å². The third kappa shape index (κ3) is 4.90. The molecule has 0 saturated carbocycles. The van der Waals surface area contributed by atoms with Crippen molar-refractivity contribution in [2.45, 2.75) is 42.8 Å². The number of nitrogens with one attached hydrogen (secondary N) is 1. The maximum Gasteiger partial charge on any atom is 0.243 e. The first kappa shape index (κ1) is 23.7. The van der Waals surface area contributed by atoms with Crippen molar-refractivity contribution >= 4 is 44.4 Å². The first-order chi connectivity index (χ1) is 15.8. The number of aromatic nitrogens is 2. The van der Waals surface area contributed by atoms with Gasteiger partial charge < -0.3 is 9.88 Å². The van der Waals surface area contributed by atoms with Crippen LogP contribution in [-0.2, 0) is 21.4 Å². The minimum Gasteiger partial charge on any atom is -0.320 e. The molecule has 2 aromatic carbocycles. The average molecular weight is 495 g/mol. The molecule has 176 valence electrons. The number of fused-ring (bicyclic) bond motifs is 1. The van der Waals surface area contributed by atoms with Crippen LogP contribution in [0.1, 0.15) is 26.2 Å². The number of hydrogen-bond donors (Lipinski definition) is 1. The van der Waals surface area contributed by atoms with Gasteiger partial charge in [0.2, 0.25) is 15.9 Å². The zero-order valence-corrected chi connectivity index (χ0v) is 19.7.